The van der Waals surface area contributed by atoms with Crippen LogP contribution in [0.5, 0.6) is 0 Å². The first-order chi connectivity index (χ1) is 5.52. The van der Waals surface area contributed by atoms with Crippen LogP contribution in [0.4, 0.5) is 11.6 Å². The average molecular weight is 232 g/mol. The molecule has 0 aliphatic heterocycles. The van der Waals surface area contributed by atoms with E-state index in [0.29, 0.717) is 0 Å². The predicted molar refractivity (Wildman–Crippen MR) is 47.1 cm³/mol. The number of rotatable bonds is 1. The molecular formula is C5H6BrN5O. The molecule has 0 radical (unpaired) electrons. The molecule has 1 aromatic rings. The number of hydrogen-bond acceptors (Lipinski definition) is 5. The minimum atomic E-state index is -0.735. The van der Waals surface area contributed by atoms with Crippen molar-refractivity contribution in [1.82, 2.24) is 9.97 Å². The fraction of sp³-hybridized carbons (Fsp3) is 0. The van der Waals surface area contributed by atoms with Gasteiger partial charge in [0.25, 0.3) is 5.91 Å². The van der Waals surface area contributed by atoms with Crippen LogP contribution in [0.15, 0.2) is 4.60 Å². The summed E-state index contributed by atoms with van der Waals surface area (Å²) in [6.07, 6.45) is 0. The van der Waals surface area contributed by atoms with E-state index >= 15 is 0 Å². The van der Waals surface area contributed by atoms with Crippen molar-refractivity contribution in [2.24, 2.45) is 5.73 Å². The predicted octanol–water partition coefficient (Wildman–Crippen LogP) is -0.498. The van der Waals surface area contributed by atoms with Crippen molar-refractivity contribution in [1.29, 1.82) is 0 Å². The Balaban J connectivity index is 3.33. The van der Waals surface area contributed by atoms with E-state index in [1.54, 1.807) is 0 Å². The Morgan fingerprint density at radius 3 is 2.33 bits per heavy atom. The van der Waals surface area contributed by atoms with Crippen LogP contribution in [-0.2, 0) is 0 Å². The molecule has 0 aromatic carbocycles. The van der Waals surface area contributed by atoms with Crippen LogP contribution < -0.4 is 17.2 Å². The maximum Gasteiger partial charge on any atom is 0.271 e. The smallest absolute Gasteiger partial charge is 0.271 e. The van der Waals surface area contributed by atoms with E-state index in [9.17, 15) is 4.79 Å². The van der Waals surface area contributed by atoms with E-state index in [2.05, 4.69) is 25.9 Å². The summed E-state index contributed by atoms with van der Waals surface area (Å²) >= 11 is 2.99. The number of hydrogen-bond donors (Lipinski definition) is 3. The maximum atomic E-state index is 10.7. The highest BCUT2D eigenvalue weighted by molar-refractivity contribution is 9.10. The third-order valence-corrected chi connectivity index (χ3v) is 1.72. The molecule has 0 fully saturated rings. The maximum absolute atomic E-state index is 10.7. The van der Waals surface area contributed by atoms with E-state index in [-0.39, 0.29) is 21.9 Å². The van der Waals surface area contributed by atoms with Gasteiger partial charge in [0.15, 0.2) is 17.3 Å². The van der Waals surface area contributed by atoms with E-state index < -0.39 is 5.91 Å². The summed E-state index contributed by atoms with van der Waals surface area (Å²) in [6.45, 7) is 0. The van der Waals surface area contributed by atoms with Gasteiger partial charge in [-0.25, -0.2) is 9.97 Å². The zero-order chi connectivity index (χ0) is 9.30. The summed E-state index contributed by atoms with van der Waals surface area (Å²) in [5.74, 6) is -0.679. The summed E-state index contributed by atoms with van der Waals surface area (Å²) < 4.78 is 0.255. The number of nitrogens with two attached hydrogens (primary N) is 3. The molecule has 0 saturated heterocycles. The first-order valence-electron chi connectivity index (χ1n) is 2.90. The number of halogens is 1. The average Bonchev–Trinajstić information content (AvgIpc) is 1.96. The molecule has 6 nitrogen and oxygen atoms in total. The van der Waals surface area contributed by atoms with Crippen LogP contribution in [0.1, 0.15) is 10.5 Å². The molecule has 1 amide bonds. The number of primary amides is 1. The Hall–Kier alpha value is -1.37. The van der Waals surface area contributed by atoms with E-state index in [1.807, 2.05) is 0 Å². The monoisotopic (exact) mass is 231 g/mol. The third-order valence-electron chi connectivity index (χ3n) is 1.14. The summed E-state index contributed by atoms with van der Waals surface area (Å²) in [5.41, 5.74) is 15.5. The Kier molecular flexibility index (Phi) is 2.13. The van der Waals surface area contributed by atoms with Crippen LogP contribution in [0, 0.1) is 0 Å². The molecule has 0 unspecified atom stereocenters. The molecule has 7 heteroatoms. The lowest BCUT2D eigenvalue weighted by Gasteiger charge is -2.01. The molecule has 64 valence electrons. The number of nitrogens with zero attached hydrogens (tertiary/aromatic N) is 2. The molecule has 0 bridgehead atoms. The minimum Gasteiger partial charge on any atom is -0.382 e. The van der Waals surface area contributed by atoms with E-state index in [0.717, 1.165) is 0 Å². The Morgan fingerprint density at radius 2 is 1.83 bits per heavy atom. The fourth-order valence-corrected chi connectivity index (χ4v) is 0.889. The molecule has 0 spiro atoms. The Morgan fingerprint density at radius 1 is 1.25 bits per heavy atom. The molecule has 12 heavy (non-hydrogen) atoms. The van der Waals surface area contributed by atoms with Crippen LogP contribution in [-0.4, -0.2) is 15.9 Å². The summed E-state index contributed by atoms with van der Waals surface area (Å²) in [4.78, 5) is 18.0. The van der Waals surface area contributed by atoms with Crippen LogP contribution in [0.25, 0.3) is 0 Å². The lowest BCUT2D eigenvalue weighted by Crippen LogP contribution is -2.17. The van der Waals surface area contributed by atoms with Crippen LogP contribution in [0.3, 0.4) is 0 Å². The SMILES string of the molecule is NC(=O)c1nc(Br)c(N)nc1N. The van der Waals surface area contributed by atoms with Gasteiger partial charge in [0.05, 0.1) is 0 Å². The van der Waals surface area contributed by atoms with Gasteiger partial charge in [0.1, 0.15) is 4.60 Å². The lowest BCUT2D eigenvalue weighted by molar-refractivity contribution is 0.0996. The quantitative estimate of drug-likeness (QED) is 0.602. The van der Waals surface area contributed by atoms with E-state index in [4.69, 9.17) is 17.2 Å². The second kappa shape index (κ2) is 2.94. The molecular weight excluding hydrogens is 226 g/mol. The lowest BCUT2D eigenvalue weighted by atomic mass is 10.4. The molecule has 1 aromatic heterocycles. The van der Waals surface area contributed by atoms with Gasteiger partial charge in [-0.15, -0.1) is 0 Å². The Bertz CT molecular complexity index is 339. The van der Waals surface area contributed by atoms with Gasteiger partial charge in [0.2, 0.25) is 0 Å². The second-order valence-electron chi connectivity index (χ2n) is 2.00. The van der Waals surface area contributed by atoms with Crippen LogP contribution >= 0.6 is 15.9 Å². The second-order valence-corrected chi connectivity index (χ2v) is 2.75. The topological polar surface area (TPSA) is 121 Å². The molecule has 6 N–H and O–H groups in total. The fourth-order valence-electron chi connectivity index (χ4n) is 0.623. The van der Waals surface area contributed by atoms with Crippen molar-refractivity contribution < 1.29 is 4.79 Å². The number of nitrogen functional groups attached to an aromatic ring is 2. The number of anilines is 2. The van der Waals surface area contributed by atoms with Crippen molar-refractivity contribution in [2.45, 2.75) is 0 Å². The highest BCUT2D eigenvalue weighted by Crippen LogP contribution is 2.17. The van der Waals surface area contributed by atoms with Crippen molar-refractivity contribution in [3.63, 3.8) is 0 Å². The van der Waals surface area contributed by atoms with Gasteiger partial charge in [-0.1, -0.05) is 0 Å². The third kappa shape index (κ3) is 1.45. The number of aromatic nitrogens is 2. The highest BCUT2D eigenvalue weighted by Gasteiger charge is 2.11. The highest BCUT2D eigenvalue weighted by atomic mass is 79.9. The standard InChI is InChI=1S/C5H6BrN5O/c6-2-4(8)11-3(7)1(10-2)5(9)12/h(H2,9,12)(H4,7,8,11). The molecule has 0 saturated carbocycles. The molecule has 1 rings (SSSR count). The van der Waals surface area contributed by atoms with Gasteiger partial charge in [0, 0.05) is 0 Å². The number of carbonyl (C=O) groups is 1. The first kappa shape index (κ1) is 8.72. The molecule has 0 atom stereocenters. The zero-order valence-electron chi connectivity index (χ0n) is 5.91. The zero-order valence-corrected chi connectivity index (χ0v) is 7.50. The van der Waals surface area contributed by atoms with Crippen molar-refractivity contribution in [2.75, 3.05) is 11.5 Å². The number of carbonyl (C=O) groups excluding carboxylic acids is 1. The first-order valence-corrected chi connectivity index (χ1v) is 3.70. The van der Waals surface area contributed by atoms with Gasteiger partial charge in [-0.2, -0.15) is 0 Å². The number of amides is 1. The van der Waals surface area contributed by atoms with Crippen LogP contribution in [0.2, 0.25) is 0 Å². The molecule has 0 aliphatic carbocycles. The van der Waals surface area contributed by atoms with Crippen molar-refractivity contribution in [3.8, 4) is 0 Å². The van der Waals surface area contributed by atoms with Gasteiger partial charge >= 0.3 is 0 Å². The largest absolute Gasteiger partial charge is 0.382 e. The minimum absolute atomic E-state index is 0.0665. The summed E-state index contributed by atoms with van der Waals surface area (Å²) in [6, 6.07) is 0. The summed E-state index contributed by atoms with van der Waals surface area (Å²) in [7, 11) is 0. The van der Waals surface area contributed by atoms with Crippen molar-refractivity contribution in [3.05, 3.63) is 10.3 Å². The Labute approximate surface area is 76.3 Å². The molecule has 0 aliphatic rings. The van der Waals surface area contributed by atoms with Gasteiger partial charge in [-0.3, -0.25) is 4.79 Å². The van der Waals surface area contributed by atoms with Gasteiger partial charge < -0.3 is 17.2 Å². The normalized spacial score (nSPS) is 9.75. The molecule has 1 heterocycles. The summed E-state index contributed by atoms with van der Waals surface area (Å²) in [5, 5.41) is 0. The van der Waals surface area contributed by atoms with Gasteiger partial charge in [-0.05, 0) is 15.9 Å². The van der Waals surface area contributed by atoms with Crippen molar-refractivity contribution >= 4 is 33.5 Å². The van der Waals surface area contributed by atoms with E-state index in [1.165, 1.54) is 0 Å².